The molecule has 0 bridgehead atoms. The first-order chi connectivity index (χ1) is 8.10. The summed E-state index contributed by atoms with van der Waals surface area (Å²) in [6, 6.07) is 1.91. The van der Waals surface area contributed by atoms with Crippen LogP contribution in [-0.2, 0) is 5.88 Å². The minimum absolute atomic E-state index is 0.276. The predicted octanol–water partition coefficient (Wildman–Crippen LogP) is 3.57. The first-order valence-corrected chi connectivity index (χ1v) is 6.01. The Bertz CT molecular complexity index is 389. The van der Waals surface area contributed by atoms with E-state index in [2.05, 4.69) is 13.8 Å². The van der Waals surface area contributed by atoms with Crippen molar-refractivity contribution in [3.05, 3.63) is 17.2 Å². The summed E-state index contributed by atoms with van der Waals surface area (Å²) in [5.41, 5.74) is 1.87. The van der Waals surface area contributed by atoms with Gasteiger partial charge in [-0.05, 0) is 12.0 Å². The van der Waals surface area contributed by atoms with Gasteiger partial charge in [-0.25, -0.2) is 0 Å². The lowest BCUT2D eigenvalue weighted by atomic mass is 9.98. The first-order valence-electron chi connectivity index (χ1n) is 5.48. The topological polar surface area (TPSA) is 27.7 Å². The van der Waals surface area contributed by atoms with Crippen molar-refractivity contribution in [1.82, 2.24) is 0 Å². The second-order valence-electron chi connectivity index (χ2n) is 4.01. The maximum absolute atomic E-state index is 5.91. The van der Waals surface area contributed by atoms with Gasteiger partial charge in [0.05, 0.1) is 27.2 Å². The van der Waals surface area contributed by atoms with Crippen molar-refractivity contribution >= 4 is 11.6 Å². The van der Waals surface area contributed by atoms with Crippen molar-refractivity contribution in [2.75, 3.05) is 21.3 Å². The molecule has 96 valence electrons. The fourth-order valence-corrected chi connectivity index (χ4v) is 2.12. The lowest BCUT2D eigenvalue weighted by Crippen LogP contribution is -2.03. The lowest BCUT2D eigenvalue weighted by Gasteiger charge is -2.20. The molecule has 17 heavy (non-hydrogen) atoms. The molecule has 0 aliphatic heterocycles. The number of methoxy groups -OCH3 is 3. The molecule has 0 fully saturated rings. The number of benzene rings is 1. The number of hydrogen-bond donors (Lipinski definition) is 0. The summed E-state index contributed by atoms with van der Waals surface area (Å²) in [6.45, 7) is 4.17. The highest BCUT2D eigenvalue weighted by Crippen LogP contribution is 2.44. The van der Waals surface area contributed by atoms with Gasteiger partial charge in [-0.2, -0.15) is 0 Å². The summed E-state index contributed by atoms with van der Waals surface area (Å²) < 4.78 is 16.2. The molecular weight excluding hydrogens is 240 g/mol. The van der Waals surface area contributed by atoms with Gasteiger partial charge in [0, 0.05) is 11.1 Å². The van der Waals surface area contributed by atoms with Gasteiger partial charge >= 0.3 is 0 Å². The minimum atomic E-state index is 0.276. The highest BCUT2D eigenvalue weighted by molar-refractivity contribution is 6.17. The Balaban J connectivity index is 3.56. The Morgan fingerprint density at radius 2 is 1.65 bits per heavy atom. The standard InChI is InChI=1S/C13H19ClO3/c1-8(2)11-10(15-3)6-9(7-14)12(16-4)13(11)17-5/h6,8H,7H2,1-5H3. The van der Waals surface area contributed by atoms with E-state index in [-0.39, 0.29) is 5.92 Å². The molecule has 0 unspecified atom stereocenters. The van der Waals surface area contributed by atoms with Crippen molar-refractivity contribution in [2.24, 2.45) is 0 Å². The fraction of sp³-hybridized carbons (Fsp3) is 0.538. The van der Waals surface area contributed by atoms with Crippen molar-refractivity contribution in [3.8, 4) is 17.2 Å². The molecule has 1 aromatic rings. The van der Waals surface area contributed by atoms with E-state index < -0.39 is 0 Å². The molecule has 0 aliphatic rings. The van der Waals surface area contributed by atoms with Crippen molar-refractivity contribution in [3.63, 3.8) is 0 Å². The Labute approximate surface area is 108 Å². The van der Waals surface area contributed by atoms with E-state index in [1.54, 1.807) is 21.3 Å². The van der Waals surface area contributed by atoms with Gasteiger partial charge in [0.15, 0.2) is 11.5 Å². The van der Waals surface area contributed by atoms with Crippen LogP contribution in [0.4, 0.5) is 0 Å². The number of halogens is 1. The van der Waals surface area contributed by atoms with Crippen molar-refractivity contribution in [2.45, 2.75) is 25.6 Å². The molecule has 0 saturated carbocycles. The summed E-state index contributed by atoms with van der Waals surface area (Å²) in [4.78, 5) is 0. The third kappa shape index (κ3) is 2.60. The van der Waals surface area contributed by atoms with E-state index in [4.69, 9.17) is 25.8 Å². The molecule has 0 aromatic heterocycles. The Morgan fingerprint density at radius 1 is 1.06 bits per heavy atom. The van der Waals surface area contributed by atoms with Crippen LogP contribution in [-0.4, -0.2) is 21.3 Å². The van der Waals surface area contributed by atoms with Gasteiger partial charge in [0.1, 0.15) is 5.75 Å². The highest BCUT2D eigenvalue weighted by Gasteiger charge is 2.21. The van der Waals surface area contributed by atoms with Crippen LogP contribution in [0.3, 0.4) is 0 Å². The third-order valence-electron chi connectivity index (χ3n) is 2.66. The minimum Gasteiger partial charge on any atom is -0.496 e. The summed E-state index contributed by atoms with van der Waals surface area (Å²) in [6.07, 6.45) is 0. The molecule has 1 aromatic carbocycles. The molecule has 4 heteroatoms. The van der Waals surface area contributed by atoms with Crippen LogP contribution >= 0.6 is 11.6 Å². The van der Waals surface area contributed by atoms with E-state index in [1.807, 2.05) is 6.07 Å². The van der Waals surface area contributed by atoms with Gasteiger partial charge in [-0.1, -0.05) is 13.8 Å². The van der Waals surface area contributed by atoms with Crippen LogP contribution in [0.15, 0.2) is 6.07 Å². The quantitative estimate of drug-likeness (QED) is 0.756. The average Bonchev–Trinajstić information content (AvgIpc) is 2.35. The number of hydrogen-bond acceptors (Lipinski definition) is 3. The van der Waals surface area contributed by atoms with Gasteiger partial charge in [0.25, 0.3) is 0 Å². The zero-order valence-electron chi connectivity index (χ0n) is 11.0. The van der Waals surface area contributed by atoms with Gasteiger partial charge in [-0.15, -0.1) is 11.6 Å². The molecule has 0 aliphatic carbocycles. The molecular formula is C13H19ClO3. The maximum Gasteiger partial charge on any atom is 0.168 e. The fourth-order valence-electron chi connectivity index (χ4n) is 1.92. The molecule has 0 radical (unpaired) electrons. The maximum atomic E-state index is 5.91. The van der Waals surface area contributed by atoms with E-state index in [9.17, 15) is 0 Å². The number of alkyl halides is 1. The van der Waals surface area contributed by atoms with Gasteiger partial charge in [-0.3, -0.25) is 0 Å². The lowest BCUT2D eigenvalue weighted by molar-refractivity contribution is 0.339. The monoisotopic (exact) mass is 258 g/mol. The van der Waals surface area contributed by atoms with E-state index >= 15 is 0 Å². The number of rotatable bonds is 5. The SMILES string of the molecule is COc1cc(CCl)c(OC)c(OC)c1C(C)C. The van der Waals surface area contributed by atoms with E-state index in [0.29, 0.717) is 17.4 Å². The summed E-state index contributed by atoms with van der Waals surface area (Å²) >= 11 is 5.91. The van der Waals surface area contributed by atoms with Crippen LogP contribution in [0.5, 0.6) is 17.2 Å². The normalized spacial score (nSPS) is 10.5. The van der Waals surface area contributed by atoms with E-state index in [1.165, 1.54) is 0 Å². The Kier molecular flexibility index (Phi) is 4.94. The van der Waals surface area contributed by atoms with Crippen LogP contribution in [0.25, 0.3) is 0 Å². The van der Waals surface area contributed by atoms with Gasteiger partial charge < -0.3 is 14.2 Å². The van der Waals surface area contributed by atoms with Crippen LogP contribution in [0.1, 0.15) is 30.9 Å². The molecule has 0 spiro atoms. The van der Waals surface area contributed by atoms with Gasteiger partial charge in [0.2, 0.25) is 0 Å². The molecule has 3 nitrogen and oxygen atoms in total. The molecule has 0 amide bonds. The van der Waals surface area contributed by atoms with Crippen molar-refractivity contribution in [1.29, 1.82) is 0 Å². The summed E-state index contributed by atoms with van der Waals surface area (Å²) in [7, 11) is 4.89. The Morgan fingerprint density at radius 3 is 2.00 bits per heavy atom. The number of ether oxygens (including phenoxy) is 3. The van der Waals surface area contributed by atoms with Crippen LogP contribution in [0, 0.1) is 0 Å². The second-order valence-corrected chi connectivity index (χ2v) is 4.27. The summed E-state index contributed by atoms with van der Waals surface area (Å²) in [5.74, 6) is 2.81. The largest absolute Gasteiger partial charge is 0.496 e. The smallest absolute Gasteiger partial charge is 0.168 e. The zero-order chi connectivity index (χ0) is 13.0. The molecule has 0 saturated heterocycles. The molecule has 0 atom stereocenters. The van der Waals surface area contributed by atoms with Crippen LogP contribution in [0.2, 0.25) is 0 Å². The first kappa shape index (κ1) is 14.0. The predicted molar refractivity (Wildman–Crippen MR) is 69.7 cm³/mol. The van der Waals surface area contributed by atoms with E-state index in [0.717, 1.165) is 16.9 Å². The van der Waals surface area contributed by atoms with Crippen molar-refractivity contribution < 1.29 is 14.2 Å². The van der Waals surface area contributed by atoms with Crippen LogP contribution < -0.4 is 14.2 Å². The highest BCUT2D eigenvalue weighted by atomic mass is 35.5. The third-order valence-corrected chi connectivity index (χ3v) is 2.95. The molecule has 0 heterocycles. The second kappa shape index (κ2) is 6.01. The zero-order valence-corrected chi connectivity index (χ0v) is 11.7. The summed E-state index contributed by atoms with van der Waals surface area (Å²) in [5, 5.41) is 0. The Hall–Kier alpha value is -1.09. The molecule has 1 rings (SSSR count). The molecule has 0 N–H and O–H groups in total. The average molecular weight is 259 g/mol.